The van der Waals surface area contributed by atoms with Crippen LogP contribution in [-0.2, 0) is 16.1 Å². The lowest BCUT2D eigenvalue weighted by atomic mass is 9.95. The van der Waals surface area contributed by atoms with Crippen LogP contribution < -0.4 is 0 Å². The van der Waals surface area contributed by atoms with Gasteiger partial charge in [-0.05, 0) is 62.7 Å². The van der Waals surface area contributed by atoms with E-state index in [9.17, 15) is 4.79 Å². The van der Waals surface area contributed by atoms with E-state index in [1.807, 2.05) is 14.1 Å². The second-order valence-electron chi connectivity index (χ2n) is 8.76. The maximum atomic E-state index is 12.3. The third kappa shape index (κ3) is 6.29. The molecule has 2 saturated heterocycles. The van der Waals surface area contributed by atoms with Crippen molar-refractivity contribution in [3.8, 4) is 0 Å². The van der Waals surface area contributed by atoms with Crippen molar-refractivity contribution >= 4 is 5.91 Å². The van der Waals surface area contributed by atoms with Gasteiger partial charge in [0.1, 0.15) is 0 Å². The van der Waals surface area contributed by atoms with Crippen LogP contribution in [-0.4, -0.2) is 80.1 Å². The highest BCUT2D eigenvalue weighted by Gasteiger charge is 2.26. The van der Waals surface area contributed by atoms with Crippen LogP contribution in [0.25, 0.3) is 0 Å². The standard InChI is InChI=1S/C23H37N3O2/c1-19-7-4-5-8-21(19)16-25-12-10-20(11-13-25)15-26(18-23(27)24(2)3)17-22-9-6-14-28-22/h4-5,7-8,20,22H,6,9-18H2,1-3H3. The number of ether oxygens (including phenoxy) is 1. The Hall–Kier alpha value is -1.43. The Morgan fingerprint density at radius 3 is 2.54 bits per heavy atom. The van der Waals surface area contributed by atoms with Gasteiger partial charge in [0.15, 0.2) is 0 Å². The molecule has 2 aliphatic rings. The monoisotopic (exact) mass is 387 g/mol. The molecule has 28 heavy (non-hydrogen) atoms. The predicted molar refractivity (Wildman–Crippen MR) is 113 cm³/mol. The van der Waals surface area contributed by atoms with E-state index in [4.69, 9.17) is 4.74 Å². The highest BCUT2D eigenvalue weighted by Crippen LogP contribution is 2.22. The molecule has 0 aliphatic carbocycles. The Morgan fingerprint density at radius 1 is 1.14 bits per heavy atom. The summed E-state index contributed by atoms with van der Waals surface area (Å²) >= 11 is 0. The topological polar surface area (TPSA) is 36.0 Å². The molecule has 156 valence electrons. The lowest BCUT2D eigenvalue weighted by Crippen LogP contribution is -2.44. The summed E-state index contributed by atoms with van der Waals surface area (Å²) in [6.45, 7) is 8.84. The second kappa shape index (κ2) is 10.4. The largest absolute Gasteiger partial charge is 0.377 e. The van der Waals surface area contributed by atoms with Gasteiger partial charge in [-0.15, -0.1) is 0 Å². The molecule has 1 aromatic rings. The number of amides is 1. The first-order valence-electron chi connectivity index (χ1n) is 10.8. The van der Waals surface area contributed by atoms with Gasteiger partial charge in [0, 0.05) is 40.3 Å². The third-order valence-corrected chi connectivity index (χ3v) is 6.22. The lowest BCUT2D eigenvalue weighted by Gasteiger charge is -2.35. The van der Waals surface area contributed by atoms with E-state index in [1.54, 1.807) is 4.90 Å². The third-order valence-electron chi connectivity index (χ3n) is 6.22. The summed E-state index contributed by atoms with van der Waals surface area (Å²) in [5, 5.41) is 0. The number of hydrogen-bond acceptors (Lipinski definition) is 4. The van der Waals surface area contributed by atoms with Crippen molar-refractivity contribution in [2.45, 2.75) is 45.3 Å². The number of carbonyl (C=O) groups is 1. The zero-order valence-corrected chi connectivity index (χ0v) is 17.9. The summed E-state index contributed by atoms with van der Waals surface area (Å²) in [7, 11) is 3.69. The molecule has 0 N–H and O–H groups in total. The molecule has 1 unspecified atom stereocenters. The summed E-state index contributed by atoms with van der Waals surface area (Å²) in [5.74, 6) is 0.861. The fourth-order valence-corrected chi connectivity index (χ4v) is 4.33. The average Bonchev–Trinajstić information content (AvgIpc) is 3.18. The van der Waals surface area contributed by atoms with Gasteiger partial charge in [-0.1, -0.05) is 24.3 Å². The number of nitrogens with zero attached hydrogens (tertiary/aromatic N) is 3. The number of benzene rings is 1. The molecule has 2 heterocycles. The quantitative estimate of drug-likeness (QED) is 0.687. The summed E-state index contributed by atoms with van der Waals surface area (Å²) in [5.41, 5.74) is 2.83. The van der Waals surface area contributed by atoms with Crippen molar-refractivity contribution in [1.29, 1.82) is 0 Å². The fraction of sp³-hybridized carbons (Fsp3) is 0.696. The van der Waals surface area contributed by atoms with Gasteiger partial charge in [0.05, 0.1) is 12.6 Å². The molecule has 5 heteroatoms. The molecule has 5 nitrogen and oxygen atoms in total. The van der Waals surface area contributed by atoms with Crippen LogP contribution in [0.1, 0.15) is 36.8 Å². The molecular weight excluding hydrogens is 350 g/mol. The van der Waals surface area contributed by atoms with Crippen LogP contribution >= 0.6 is 0 Å². The molecular formula is C23H37N3O2. The maximum Gasteiger partial charge on any atom is 0.236 e. The minimum Gasteiger partial charge on any atom is -0.377 e. The van der Waals surface area contributed by atoms with Crippen molar-refractivity contribution in [2.24, 2.45) is 5.92 Å². The first-order chi connectivity index (χ1) is 13.5. The van der Waals surface area contributed by atoms with Crippen molar-refractivity contribution < 1.29 is 9.53 Å². The maximum absolute atomic E-state index is 12.3. The van der Waals surface area contributed by atoms with Crippen molar-refractivity contribution in [1.82, 2.24) is 14.7 Å². The summed E-state index contributed by atoms with van der Waals surface area (Å²) < 4.78 is 5.83. The Kier molecular flexibility index (Phi) is 7.89. The Bertz CT molecular complexity index is 620. The van der Waals surface area contributed by atoms with Crippen molar-refractivity contribution in [3.63, 3.8) is 0 Å². The zero-order valence-electron chi connectivity index (χ0n) is 17.9. The van der Waals surface area contributed by atoms with Gasteiger partial charge in [0.2, 0.25) is 5.91 Å². The normalized spacial score (nSPS) is 21.4. The predicted octanol–water partition coefficient (Wildman–Crippen LogP) is 2.78. The van der Waals surface area contributed by atoms with Crippen LogP contribution in [0.2, 0.25) is 0 Å². The van der Waals surface area contributed by atoms with Gasteiger partial charge in [-0.3, -0.25) is 14.6 Å². The highest BCUT2D eigenvalue weighted by molar-refractivity contribution is 5.77. The molecule has 1 atom stereocenters. The minimum atomic E-state index is 0.190. The molecule has 0 saturated carbocycles. The van der Waals surface area contributed by atoms with Gasteiger partial charge in [0.25, 0.3) is 0 Å². The lowest BCUT2D eigenvalue weighted by molar-refractivity contribution is -0.130. The van der Waals surface area contributed by atoms with Crippen molar-refractivity contribution in [2.75, 3.05) is 53.4 Å². The van der Waals surface area contributed by atoms with Gasteiger partial charge in [-0.25, -0.2) is 0 Å². The number of hydrogen-bond donors (Lipinski definition) is 0. The van der Waals surface area contributed by atoms with Crippen LogP contribution in [0, 0.1) is 12.8 Å². The molecule has 1 amide bonds. The highest BCUT2D eigenvalue weighted by atomic mass is 16.5. The van der Waals surface area contributed by atoms with Gasteiger partial charge >= 0.3 is 0 Å². The Labute approximate surface area is 170 Å². The number of piperidine rings is 1. The number of likely N-dealkylation sites (N-methyl/N-ethyl adjacent to an activating group) is 1. The van der Waals surface area contributed by atoms with E-state index in [0.717, 1.165) is 52.2 Å². The molecule has 0 bridgehead atoms. The number of aryl methyl sites for hydroxylation is 1. The van der Waals surface area contributed by atoms with E-state index in [1.165, 1.54) is 24.0 Å². The molecule has 2 aliphatic heterocycles. The van der Waals surface area contributed by atoms with Gasteiger partial charge < -0.3 is 9.64 Å². The van der Waals surface area contributed by atoms with E-state index < -0.39 is 0 Å². The molecule has 3 rings (SSSR count). The van der Waals surface area contributed by atoms with E-state index in [-0.39, 0.29) is 5.91 Å². The first kappa shape index (κ1) is 21.3. The number of likely N-dealkylation sites (tertiary alicyclic amines) is 1. The summed E-state index contributed by atoms with van der Waals surface area (Å²) in [6, 6.07) is 8.70. The molecule has 0 radical (unpaired) electrons. The SMILES string of the molecule is Cc1ccccc1CN1CCC(CN(CC(=O)N(C)C)CC2CCCO2)CC1. The fourth-order valence-electron chi connectivity index (χ4n) is 4.33. The first-order valence-corrected chi connectivity index (χ1v) is 10.8. The minimum absolute atomic E-state index is 0.190. The van der Waals surface area contributed by atoms with E-state index in [2.05, 4.69) is 41.0 Å². The average molecular weight is 388 g/mol. The van der Waals surface area contributed by atoms with Crippen LogP contribution in [0.4, 0.5) is 0 Å². The Morgan fingerprint density at radius 2 is 1.89 bits per heavy atom. The Balaban J connectivity index is 1.49. The second-order valence-corrected chi connectivity index (χ2v) is 8.76. The number of carbonyl (C=O) groups excluding carboxylic acids is 1. The van der Waals surface area contributed by atoms with Crippen LogP contribution in [0.15, 0.2) is 24.3 Å². The van der Waals surface area contributed by atoms with Crippen LogP contribution in [0.3, 0.4) is 0 Å². The van der Waals surface area contributed by atoms with Crippen LogP contribution in [0.5, 0.6) is 0 Å². The van der Waals surface area contributed by atoms with E-state index >= 15 is 0 Å². The van der Waals surface area contributed by atoms with Gasteiger partial charge in [-0.2, -0.15) is 0 Å². The summed E-state index contributed by atoms with van der Waals surface area (Å²) in [4.78, 5) is 18.9. The van der Waals surface area contributed by atoms with Crippen molar-refractivity contribution in [3.05, 3.63) is 35.4 Å². The smallest absolute Gasteiger partial charge is 0.236 e. The molecule has 0 spiro atoms. The summed E-state index contributed by atoms with van der Waals surface area (Å²) in [6.07, 6.45) is 5.00. The number of rotatable bonds is 8. The van der Waals surface area contributed by atoms with E-state index in [0.29, 0.717) is 18.6 Å². The molecule has 0 aromatic heterocycles. The molecule has 1 aromatic carbocycles. The zero-order chi connectivity index (χ0) is 19.9. The molecule has 2 fully saturated rings.